The maximum Gasteiger partial charge on any atom is 0.186 e. The van der Waals surface area contributed by atoms with Gasteiger partial charge in [-0.1, -0.05) is 24.3 Å². The second-order valence-corrected chi connectivity index (χ2v) is 5.15. The van der Waals surface area contributed by atoms with Crippen molar-refractivity contribution in [3.05, 3.63) is 59.7 Å². The first-order valence-electron chi connectivity index (χ1n) is 7.29. The summed E-state index contributed by atoms with van der Waals surface area (Å²) in [5, 5.41) is 0.885. The Labute approximate surface area is 127 Å². The number of rotatable bonds is 3. The lowest BCUT2D eigenvalue weighted by Gasteiger charge is -2.09. The molecule has 0 bridgehead atoms. The van der Waals surface area contributed by atoms with E-state index >= 15 is 0 Å². The summed E-state index contributed by atoms with van der Waals surface area (Å²) < 4.78 is 11.8. The zero-order valence-corrected chi connectivity index (χ0v) is 12.1. The number of carbonyl (C=O) groups excluding carboxylic acids is 1. The van der Waals surface area contributed by atoms with Gasteiger partial charge < -0.3 is 9.15 Å². The summed E-state index contributed by atoms with van der Waals surface area (Å²) in [6.07, 6.45) is 3.43. The molecular formula is C19H14O3. The normalized spacial score (nSPS) is 12.9. The molecule has 0 atom stereocenters. The van der Waals surface area contributed by atoms with Crippen LogP contribution in [0.4, 0.5) is 0 Å². The van der Waals surface area contributed by atoms with E-state index in [0.717, 1.165) is 33.6 Å². The van der Waals surface area contributed by atoms with Crippen molar-refractivity contribution in [1.82, 2.24) is 0 Å². The Hall–Kier alpha value is -2.81. The van der Waals surface area contributed by atoms with E-state index in [4.69, 9.17) is 9.15 Å². The number of ether oxygens (including phenoxy) is 1. The first kappa shape index (κ1) is 12.9. The Morgan fingerprint density at radius 3 is 2.68 bits per heavy atom. The fourth-order valence-corrected chi connectivity index (χ4v) is 2.92. The summed E-state index contributed by atoms with van der Waals surface area (Å²) in [6, 6.07) is 13.4. The zero-order valence-electron chi connectivity index (χ0n) is 12.1. The molecule has 4 rings (SSSR count). The first-order chi connectivity index (χ1) is 10.8. The van der Waals surface area contributed by atoms with Gasteiger partial charge in [0.1, 0.15) is 17.1 Å². The van der Waals surface area contributed by atoms with Crippen LogP contribution in [-0.2, 0) is 0 Å². The summed E-state index contributed by atoms with van der Waals surface area (Å²) in [7, 11) is 0. The van der Waals surface area contributed by atoms with Gasteiger partial charge in [0, 0.05) is 16.5 Å². The monoisotopic (exact) mass is 290 g/mol. The Kier molecular flexibility index (Phi) is 2.86. The molecule has 0 unspecified atom stereocenters. The maximum absolute atomic E-state index is 12.0. The molecule has 0 saturated heterocycles. The van der Waals surface area contributed by atoms with E-state index < -0.39 is 0 Å². The van der Waals surface area contributed by atoms with Gasteiger partial charge in [0.25, 0.3) is 0 Å². The molecule has 0 N–H and O–H groups in total. The highest BCUT2D eigenvalue weighted by atomic mass is 16.5. The zero-order chi connectivity index (χ0) is 15.1. The van der Waals surface area contributed by atoms with E-state index in [1.165, 1.54) is 0 Å². The lowest BCUT2D eigenvalue weighted by Crippen LogP contribution is -1.99. The van der Waals surface area contributed by atoms with Crippen LogP contribution < -0.4 is 4.74 Å². The van der Waals surface area contributed by atoms with Gasteiger partial charge in [0.15, 0.2) is 5.78 Å². The predicted octanol–water partition coefficient (Wildman–Crippen LogP) is 4.71. The largest absolute Gasteiger partial charge is 0.493 e. The van der Waals surface area contributed by atoms with Gasteiger partial charge in [0.2, 0.25) is 0 Å². The average molecular weight is 290 g/mol. The molecule has 0 radical (unpaired) electrons. The molecular weight excluding hydrogens is 276 g/mol. The molecule has 0 aliphatic heterocycles. The standard InChI is InChI=1S/C19H14O3/c1-2-21-16-8-4-3-6-13(16)19-14-10-11-15(20)12-7-5-9-17(22-19)18(12)14/h3-11H,2H2,1H3. The summed E-state index contributed by atoms with van der Waals surface area (Å²) in [6.45, 7) is 2.54. The SMILES string of the molecule is CCOc1ccccc1-c1oc2cccc3c2c1C=CC3=O. The van der Waals surface area contributed by atoms with Crippen LogP contribution in [0, 0.1) is 0 Å². The minimum Gasteiger partial charge on any atom is -0.493 e. The molecule has 1 aliphatic carbocycles. The maximum atomic E-state index is 12.0. The second-order valence-electron chi connectivity index (χ2n) is 5.15. The fourth-order valence-electron chi connectivity index (χ4n) is 2.92. The highest BCUT2D eigenvalue weighted by Crippen LogP contribution is 2.41. The highest BCUT2D eigenvalue weighted by molar-refractivity contribution is 6.20. The Balaban J connectivity index is 2.03. The number of carbonyl (C=O) groups is 1. The molecule has 0 saturated carbocycles. The number of benzene rings is 2. The molecule has 3 heteroatoms. The van der Waals surface area contributed by atoms with Crippen LogP contribution in [0.2, 0.25) is 0 Å². The van der Waals surface area contributed by atoms with Gasteiger partial charge in [0.05, 0.1) is 12.2 Å². The molecule has 3 nitrogen and oxygen atoms in total. The van der Waals surface area contributed by atoms with Crippen LogP contribution in [-0.4, -0.2) is 12.4 Å². The molecule has 0 spiro atoms. The lowest BCUT2D eigenvalue weighted by atomic mass is 9.94. The van der Waals surface area contributed by atoms with Gasteiger partial charge in [-0.15, -0.1) is 0 Å². The van der Waals surface area contributed by atoms with Crippen LogP contribution in [0.15, 0.2) is 53.0 Å². The number of furan rings is 1. The number of allylic oxidation sites excluding steroid dienone is 1. The molecule has 1 heterocycles. The third kappa shape index (κ3) is 1.79. The van der Waals surface area contributed by atoms with Crippen molar-refractivity contribution in [2.75, 3.05) is 6.61 Å². The minimum absolute atomic E-state index is 0.0172. The van der Waals surface area contributed by atoms with Gasteiger partial charge in [-0.05, 0) is 37.3 Å². The van der Waals surface area contributed by atoms with Gasteiger partial charge in [-0.2, -0.15) is 0 Å². The summed E-state index contributed by atoms with van der Waals surface area (Å²) in [4.78, 5) is 12.0. The third-order valence-electron chi connectivity index (χ3n) is 3.85. The minimum atomic E-state index is 0.0172. The molecule has 108 valence electrons. The quantitative estimate of drug-likeness (QED) is 0.701. The molecule has 1 aromatic heterocycles. The Bertz CT molecular complexity index is 916. The predicted molar refractivity (Wildman–Crippen MR) is 86.2 cm³/mol. The van der Waals surface area contributed by atoms with Crippen LogP contribution in [0.3, 0.4) is 0 Å². The summed E-state index contributed by atoms with van der Waals surface area (Å²) >= 11 is 0. The number of hydrogen-bond acceptors (Lipinski definition) is 3. The Morgan fingerprint density at radius 1 is 1.00 bits per heavy atom. The number of hydrogen-bond donors (Lipinski definition) is 0. The average Bonchev–Trinajstić information content (AvgIpc) is 2.92. The summed E-state index contributed by atoms with van der Waals surface area (Å²) in [5.41, 5.74) is 3.27. The molecule has 3 aromatic rings. The molecule has 2 aromatic carbocycles. The van der Waals surface area contributed by atoms with Crippen molar-refractivity contribution in [2.45, 2.75) is 6.92 Å². The summed E-state index contributed by atoms with van der Waals surface area (Å²) in [5.74, 6) is 1.55. The van der Waals surface area contributed by atoms with Crippen molar-refractivity contribution >= 4 is 22.8 Å². The number of para-hydroxylation sites is 1. The van der Waals surface area contributed by atoms with E-state index in [-0.39, 0.29) is 5.78 Å². The van der Waals surface area contributed by atoms with Crippen molar-refractivity contribution < 1.29 is 13.9 Å². The van der Waals surface area contributed by atoms with Crippen LogP contribution in [0.25, 0.3) is 28.4 Å². The topological polar surface area (TPSA) is 39.4 Å². The van der Waals surface area contributed by atoms with Crippen LogP contribution in [0.5, 0.6) is 5.75 Å². The van der Waals surface area contributed by atoms with Crippen molar-refractivity contribution in [3.8, 4) is 17.1 Å². The van der Waals surface area contributed by atoms with E-state index in [9.17, 15) is 4.79 Å². The van der Waals surface area contributed by atoms with E-state index in [1.54, 1.807) is 6.08 Å². The third-order valence-corrected chi connectivity index (χ3v) is 3.85. The van der Waals surface area contributed by atoms with Crippen LogP contribution in [0.1, 0.15) is 22.8 Å². The van der Waals surface area contributed by atoms with E-state index in [1.807, 2.05) is 55.5 Å². The molecule has 0 amide bonds. The van der Waals surface area contributed by atoms with Crippen molar-refractivity contribution in [2.24, 2.45) is 0 Å². The van der Waals surface area contributed by atoms with E-state index in [2.05, 4.69) is 0 Å². The second kappa shape index (κ2) is 4.88. The van der Waals surface area contributed by atoms with Crippen LogP contribution >= 0.6 is 0 Å². The van der Waals surface area contributed by atoms with Gasteiger partial charge in [-0.3, -0.25) is 4.79 Å². The number of ketones is 1. The van der Waals surface area contributed by atoms with Gasteiger partial charge >= 0.3 is 0 Å². The smallest absolute Gasteiger partial charge is 0.186 e. The Morgan fingerprint density at radius 2 is 1.82 bits per heavy atom. The lowest BCUT2D eigenvalue weighted by molar-refractivity contribution is 0.104. The fraction of sp³-hybridized carbons (Fsp3) is 0.105. The van der Waals surface area contributed by atoms with Gasteiger partial charge in [-0.25, -0.2) is 0 Å². The molecule has 0 fully saturated rings. The highest BCUT2D eigenvalue weighted by Gasteiger charge is 2.23. The first-order valence-corrected chi connectivity index (χ1v) is 7.29. The molecule has 1 aliphatic rings. The van der Waals surface area contributed by atoms with E-state index in [0.29, 0.717) is 12.2 Å². The van der Waals surface area contributed by atoms with Crippen molar-refractivity contribution in [1.29, 1.82) is 0 Å². The molecule has 22 heavy (non-hydrogen) atoms. The van der Waals surface area contributed by atoms with Crippen molar-refractivity contribution in [3.63, 3.8) is 0 Å².